The first-order valence-electron chi connectivity index (χ1n) is 6.30. The van der Waals surface area contributed by atoms with Crippen LogP contribution < -0.4 is 10.5 Å². The summed E-state index contributed by atoms with van der Waals surface area (Å²) < 4.78 is 5.96. The monoisotopic (exact) mass is 275 g/mol. The average molecular weight is 276 g/mol. The van der Waals surface area contributed by atoms with E-state index in [2.05, 4.69) is 32.0 Å². The van der Waals surface area contributed by atoms with Crippen LogP contribution in [0.1, 0.15) is 22.8 Å². The summed E-state index contributed by atoms with van der Waals surface area (Å²) in [7, 11) is 0. The summed E-state index contributed by atoms with van der Waals surface area (Å²) in [5.74, 6) is 0.667. The van der Waals surface area contributed by atoms with E-state index in [9.17, 15) is 0 Å². The average Bonchev–Trinajstić information content (AvgIpc) is 2.41. The van der Waals surface area contributed by atoms with E-state index in [-0.39, 0.29) is 6.10 Å². The molecule has 0 spiro atoms. The standard InChI is InChI=1S/C16H18ClNO/c1-11-7-8-12(2)13(9-11)16(10-18)19-15-6-4-3-5-14(15)17/h3-9,16H,10,18H2,1-2H3. The Morgan fingerprint density at radius 2 is 1.89 bits per heavy atom. The van der Waals surface area contributed by atoms with Crippen LogP contribution in [0, 0.1) is 13.8 Å². The van der Waals surface area contributed by atoms with Crippen LogP contribution >= 0.6 is 11.6 Å². The van der Waals surface area contributed by atoms with Crippen LogP contribution in [0.25, 0.3) is 0 Å². The van der Waals surface area contributed by atoms with Gasteiger partial charge in [-0.05, 0) is 37.1 Å². The van der Waals surface area contributed by atoms with Crippen LogP contribution in [0.2, 0.25) is 5.02 Å². The minimum Gasteiger partial charge on any atom is -0.483 e. The third-order valence-electron chi connectivity index (χ3n) is 3.10. The Balaban J connectivity index is 2.30. The lowest BCUT2D eigenvalue weighted by Gasteiger charge is -2.21. The lowest BCUT2D eigenvalue weighted by atomic mass is 10.0. The number of para-hydroxylation sites is 1. The molecule has 2 N–H and O–H groups in total. The summed E-state index contributed by atoms with van der Waals surface area (Å²) in [6.07, 6.45) is -0.181. The predicted octanol–water partition coefficient (Wildman–Crippen LogP) is 4.04. The summed E-state index contributed by atoms with van der Waals surface area (Å²) in [6.45, 7) is 4.54. The van der Waals surface area contributed by atoms with E-state index in [1.165, 1.54) is 11.1 Å². The Labute approximate surface area is 119 Å². The molecule has 0 fully saturated rings. The molecule has 0 aromatic heterocycles. The Hall–Kier alpha value is -1.51. The van der Waals surface area contributed by atoms with Crippen molar-refractivity contribution < 1.29 is 4.74 Å². The Morgan fingerprint density at radius 1 is 1.16 bits per heavy atom. The molecule has 0 saturated heterocycles. The zero-order chi connectivity index (χ0) is 13.8. The van der Waals surface area contributed by atoms with Crippen LogP contribution in [0.4, 0.5) is 0 Å². The maximum absolute atomic E-state index is 6.12. The molecule has 2 aromatic rings. The minimum atomic E-state index is -0.181. The zero-order valence-corrected chi connectivity index (χ0v) is 11.9. The molecule has 19 heavy (non-hydrogen) atoms. The molecule has 2 rings (SSSR count). The summed E-state index contributed by atoms with van der Waals surface area (Å²) >= 11 is 6.12. The van der Waals surface area contributed by atoms with E-state index >= 15 is 0 Å². The molecule has 0 aliphatic heterocycles. The number of hydrogen-bond donors (Lipinski definition) is 1. The molecule has 0 aliphatic rings. The van der Waals surface area contributed by atoms with Crippen LogP contribution in [-0.4, -0.2) is 6.54 Å². The maximum atomic E-state index is 6.12. The van der Waals surface area contributed by atoms with Gasteiger partial charge in [0.15, 0.2) is 0 Å². The molecule has 2 nitrogen and oxygen atoms in total. The molecule has 3 heteroatoms. The predicted molar refractivity (Wildman–Crippen MR) is 79.8 cm³/mol. The van der Waals surface area contributed by atoms with Crippen molar-refractivity contribution in [2.24, 2.45) is 5.73 Å². The highest BCUT2D eigenvalue weighted by Gasteiger charge is 2.15. The quantitative estimate of drug-likeness (QED) is 0.914. The van der Waals surface area contributed by atoms with E-state index < -0.39 is 0 Å². The molecule has 1 atom stereocenters. The Bertz CT molecular complexity index is 568. The van der Waals surface area contributed by atoms with Crippen LogP contribution in [0.15, 0.2) is 42.5 Å². The highest BCUT2D eigenvalue weighted by molar-refractivity contribution is 6.32. The van der Waals surface area contributed by atoms with E-state index in [0.717, 1.165) is 5.56 Å². The topological polar surface area (TPSA) is 35.2 Å². The van der Waals surface area contributed by atoms with Gasteiger partial charge in [0.1, 0.15) is 11.9 Å². The van der Waals surface area contributed by atoms with Gasteiger partial charge in [0, 0.05) is 6.54 Å². The van der Waals surface area contributed by atoms with Crippen molar-refractivity contribution in [2.75, 3.05) is 6.54 Å². The number of ether oxygens (including phenoxy) is 1. The first-order valence-corrected chi connectivity index (χ1v) is 6.68. The highest BCUT2D eigenvalue weighted by Crippen LogP contribution is 2.29. The third kappa shape index (κ3) is 3.28. The second kappa shape index (κ2) is 6.09. The molecular formula is C16H18ClNO. The van der Waals surface area contributed by atoms with Gasteiger partial charge in [0.2, 0.25) is 0 Å². The van der Waals surface area contributed by atoms with Crippen molar-refractivity contribution in [1.29, 1.82) is 0 Å². The fraction of sp³-hybridized carbons (Fsp3) is 0.250. The van der Waals surface area contributed by atoms with Gasteiger partial charge in [-0.25, -0.2) is 0 Å². The van der Waals surface area contributed by atoms with Gasteiger partial charge in [-0.15, -0.1) is 0 Å². The lowest BCUT2D eigenvalue weighted by Crippen LogP contribution is -2.19. The molecule has 0 radical (unpaired) electrons. The lowest BCUT2D eigenvalue weighted by molar-refractivity contribution is 0.213. The second-order valence-corrected chi connectivity index (χ2v) is 5.04. The van der Waals surface area contributed by atoms with Crippen molar-refractivity contribution in [1.82, 2.24) is 0 Å². The van der Waals surface area contributed by atoms with Gasteiger partial charge in [0.25, 0.3) is 0 Å². The summed E-state index contributed by atoms with van der Waals surface area (Å²) in [6, 6.07) is 13.7. The fourth-order valence-electron chi connectivity index (χ4n) is 2.04. The summed E-state index contributed by atoms with van der Waals surface area (Å²) in [5.41, 5.74) is 9.34. The molecule has 0 amide bonds. The summed E-state index contributed by atoms with van der Waals surface area (Å²) in [5, 5.41) is 0.603. The number of benzene rings is 2. The van der Waals surface area contributed by atoms with Gasteiger partial charge in [-0.2, -0.15) is 0 Å². The molecule has 0 saturated carbocycles. The van der Waals surface area contributed by atoms with Gasteiger partial charge in [0.05, 0.1) is 5.02 Å². The van der Waals surface area contributed by atoms with Gasteiger partial charge < -0.3 is 10.5 Å². The van der Waals surface area contributed by atoms with Crippen LogP contribution in [-0.2, 0) is 0 Å². The molecule has 0 aliphatic carbocycles. The Morgan fingerprint density at radius 3 is 2.58 bits per heavy atom. The number of hydrogen-bond acceptors (Lipinski definition) is 2. The number of nitrogens with two attached hydrogens (primary N) is 1. The smallest absolute Gasteiger partial charge is 0.138 e. The van der Waals surface area contributed by atoms with Gasteiger partial charge in [-0.1, -0.05) is 47.5 Å². The molecule has 2 aromatic carbocycles. The van der Waals surface area contributed by atoms with Crippen molar-refractivity contribution in [3.05, 3.63) is 64.2 Å². The van der Waals surface area contributed by atoms with E-state index in [4.69, 9.17) is 22.1 Å². The SMILES string of the molecule is Cc1ccc(C)c(C(CN)Oc2ccccc2Cl)c1. The largest absolute Gasteiger partial charge is 0.483 e. The maximum Gasteiger partial charge on any atom is 0.138 e. The van der Waals surface area contributed by atoms with Crippen molar-refractivity contribution in [2.45, 2.75) is 20.0 Å². The van der Waals surface area contributed by atoms with Crippen molar-refractivity contribution >= 4 is 11.6 Å². The first-order chi connectivity index (χ1) is 9.11. The molecule has 100 valence electrons. The highest BCUT2D eigenvalue weighted by atomic mass is 35.5. The van der Waals surface area contributed by atoms with E-state index in [1.807, 2.05) is 24.3 Å². The number of rotatable bonds is 4. The number of halogens is 1. The van der Waals surface area contributed by atoms with E-state index in [0.29, 0.717) is 17.3 Å². The zero-order valence-electron chi connectivity index (χ0n) is 11.2. The molecule has 0 heterocycles. The molecule has 0 bridgehead atoms. The number of aryl methyl sites for hydroxylation is 2. The van der Waals surface area contributed by atoms with Crippen LogP contribution in [0.5, 0.6) is 5.75 Å². The summed E-state index contributed by atoms with van der Waals surface area (Å²) in [4.78, 5) is 0. The normalized spacial score (nSPS) is 12.2. The molecule has 1 unspecified atom stereocenters. The van der Waals surface area contributed by atoms with Crippen molar-refractivity contribution in [3.63, 3.8) is 0 Å². The van der Waals surface area contributed by atoms with Gasteiger partial charge in [-0.3, -0.25) is 0 Å². The second-order valence-electron chi connectivity index (χ2n) is 4.63. The third-order valence-corrected chi connectivity index (χ3v) is 3.41. The fourth-order valence-corrected chi connectivity index (χ4v) is 2.22. The van der Waals surface area contributed by atoms with Gasteiger partial charge >= 0.3 is 0 Å². The Kier molecular flexibility index (Phi) is 4.46. The first kappa shape index (κ1) is 13.9. The van der Waals surface area contributed by atoms with Crippen LogP contribution in [0.3, 0.4) is 0 Å². The van der Waals surface area contributed by atoms with E-state index in [1.54, 1.807) is 0 Å². The minimum absolute atomic E-state index is 0.181. The van der Waals surface area contributed by atoms with Crippen molar-refractivity contribution in [3.8, 4) is 5.75 Å². The molecular weight excluding hydrogens is 258 g/mol.